The first-order valence-corrected chi connectivity index (χ1v) is 8.29. The first-order chi connectivity index (χ1) is 11.5. The SMILES string of the molecule is CC(=O)Nc1cc2cccc(N3CCN(C(C)C)CC3)c2oc1=O. The van der Waals surface area contributed by atoms with Gasteiger partial charge in [0.25, 0.3) is 0 Å². The lowest BCUT2D eigenvalue weighted by atomic mass is 10.1. The summed E-state index contributed by atoms with van der Waals surface area (Å²) in [4.78, 5) is 28.0. The summed E-state index contributed by atoms with van der Waals surface area (Å²) in [6.45, 7) is 9.55. The molecule has 1 aliphatic heterocycles. The van der Waals surface area contributed by atoms with Gasteiger partial charge in [0, 0.05) is 44.5 Å². The van der Waals surface area contributed by atoms with E-state index in [1.54, 1.807) is 6.07 Å². The van der Waals surface area contributed by atoms with Crippen LogP contribution in [0.15, 0.2) is 33.5 Å². The van der Waals surface area contributed by atoms with E-state index in [4.69, 9.17) is 4.42 Å². The molecule has 128 valence electrons. The summed E-state index contributed by atoms with van der Waals surface area (Å²) in [5.41, 5.74) is 1.17. The lowest BCUT2D eigenvalue weighted by molar-refractivity contribution is -0.114. The van der Waals surface area contributed by atoms with Crippen molar-refractivity contribution in [1.82, 2.24) is 4.90 Å². The van der Waals surface area contributed by atoms with Gasteiger partial charge in [-0.25, -0.2) is 4.79 Å². The Hall–Kier alpha value is -2.34. The summed E-state index contributed by atoms with van der Waals surface area (Å²) in [5.74, 6) is -0.289. The first kappa shape index (κ1) is 16.5. The zero-order chi connectivity index (χ0) is 17.3. The van der Waals surface area contributed by atoms with E-state index in [-0.39, 0.29) is 11.6 Å². The molecule has 1 N–H and O–H groups in total. The van der Waals surface area contributed by atoms with Crippen LogP contribution < -0.4 is 15.8 Å². The molecule has 24 heavy (non-hydrogen) atoms. The average Bonchev–Trinajstić information content (AvgIpc) is 2.55. The number of nitrogens with zero attached hydrogens (tertiary/aromatic N) is 2. The molecule has 1 fully saturated rings. The van der Waals surface area contributed by atoms with Crippen LogP contribution in [0.1, 0.15) is 20.8 Å². The largest absolute Gasteiger partial charge is 0.419 e. The molecular weight excluding hydrogens is 306 g/mol. The minimum absolute atomic E-state index is 0.178. The third-order valence-electron chi connectivity index (χ3n) is 4.44. The van der Waals surface area contributed by atoms with Crippen LogP contribution in [0, 0.1) is 0 Å². The molecule has 0 saturated carbocycles. The van der Waals surface area contributed by atoms with Crippen molar-refractivity contribution >= 4 is 28.3 Å². The first-order valence-electron chi connectivity index (χ1n) is 8.29. The Bertz CT molecular complexity index is 805. The van der Waals surface area contributed by atoms with Crippen LogP contribution in [-0.2, 0) is 4.79 Å². The molecule has 6 heteroatoms. The lowest BCUT2D eigenvalue weighted by Crippen LogP contribution is -2.48. The molecule has 1 aliphatic rings. The van der Waals surface area contributed by atoms with Crippen molar-refractivity contribution in [2.24, 2.45) is 0 Å². The normalized spacial score (nSPS) is 15.9. The fourth-order valence-corrected chi connectivity index (χ4v) is 3.13. The standard InChI is InChI=1S/C18H23N3O3/c1-12(2)20-7-9-21(10-8-20)16-6-4-5-14-11-15(19-13(3)22)18(23)24-17(14)16/h4-6,11-12H,7-10H2,1-3H3,(H,19,22). The fourth-order valence-electron chi connectivity index (χ4n) is 3.13. The van der Waals surface area contributed by atoms with Gasteiger partial charge in [0.2, 0.25) is 5.91 Å². The molecule has 2 aromatic rings. The number of piperazine rings is 1. The molecule has 0 bridgehead atoms. The Kier molecular flexibility index (Phi) is 4.57. The van der Waals surface area contributed by atoms with Crippen LogP contribution in [0.2, 0.25) is 0 Å². The van der Waals surface area contributed by atoms with Gasteiger partial charge >= 0.3 is 5.63 Å². The van der Waals surface area contributed by atoms with Gasteiger partial charge in [-0.3, -0.25) is 9.69 Å². The lowest BCUT2D eigenvalue weighted by Gasteiger charge is -2.38. The molecule has 1 amide bonds. The van der Waals surface area contributed by atoms with Crippen LogP contribution in [0.4, 0.5) is 11.4 Å². The second-order valence-corrected chi connectivity index (χ2v) is 6.44. The number of carbonyl (C=O) groups excluding carboxylic acids is 1. The number of nitrogens with one attached hydrogen (secondary N) is 1. The Balaban J connectivity index is 1.94. The van der Waals surface area contributed by atoms with Gasteiger partial charge < -0.3 is 14.6 Å². The van der Waals surface area contributed by atoms with Crippen LogP contribution in [0.25, 0.3) is 11.0 Å². The predicted octanol–water partition coefficient (Wildman–Crippen LogP) is 2.28. The molecule has 0 radical (unpaired) electrons. The van der Waals surface area contributed by atoms with E-state index in [0.29, 0.717) is 11.6 Å². The monoisotopic (exact) mass is 329 g/mol. The second kappa shape index (κ2) is 6.65. The number of fused-ring (bicyclic) bond motifs is 1. The quantitative estimate of drug-likeness (QED) is 0.875. The smallest absolute Gasteiger partial charge is 0.360 e. The van der Waals surface area contributed by atoms with Gasteiger partial charge in [-0.1, -0.05) is 12.1 Å². The molecule has 0 spiro atoms. The zero-order valence-corrected chi connectivity index (χ0v) is 14.3. The molecule has 2 heterocycles. The van der Waals surface area contributed by atoms with Gasteiger partial charge in [-0.2, -0.15) is 0 Å². The number of amides is 1. The summed E-state index contributed by atoms with van der Waals surface area (Å²) in [6.07, 6.45) is 0. The van der Waals surface area contributed by atoms with E-state index in [2.05, 4.69) is 29.0 Å². The van der Waals surface area contributed by atoms with Crippen molar-refractivity contribution in [3.05, 3.63) is 34.7 Å². The minimum atomic E-state index is -0.522. The van der Waals surface area contributed by atoms with E-state index in [1.165, 1.54) is 6.92 Å². The number of rotatable bonds is 3. The van der Waals surface area contributed by atoms with E-state index in [9.17, 15) is 9.59 Å². The summed E-state index contributed by atoms with van der Waals surface area (Å²) >= 11 is 0. The van der Waals surface area contributed by atoms with E-state index in [1.807, 2.05) is 18.2 Å². The van der Waals surface area contributed by atoms with Crippen LogP contribution in [0.3, 0.4) is 0 Å². The Morgan fingerprint density at radius 2 is 1.92 bits per heavy atom. The van der Waals surface area contributed by atoms with Crippen molar-refractivity contribution < 1.29 is 9.21 Å². The summed E-state index contributed by atoms with van der Waals surface area (Å²) < 4.78 is 5.53. The highest BCUT2D eigenvalue weighted by atomic mass is 16.4. The number of hydrogen-bond donors (Lipinski definition) is 1. The fraction of sp³-hybridized carbons (Fsp3) is 0.444. The van der Waals surface area contributed by atoms with Gasteiger partial charge in [0.15, 0.2) is 5.58 Å². The molecule has 3 rings (SSSR count). The van der Waals surface area contributed by atoms with Gasteiger partial charge in [-0.05, 0) is 26.0 Å². The summed E-state index contributed by atoms with van der Waals surface area (Å²) in [5, 5.41) is 3.32. The molecule has 1 saturated heterocycles. The van der Waals surface area contributed by atoms with Crippen molar-refractivity contribution in [1.29, 1.82) is 0 Å². The summed E-state index contributed by atoms with van der Waals surface area (Å²) in [7, 11) is 0. The Labute approximate surface area is 141 Å². The third kappa shape index (κ3) is 3.28. The molecule has 1 aromatic carbocycles. The summed E-state index contributed by atoms with van der Waals surface area (Å²) in [6, 6.07) is 8.03. The highest BCUT2D eigenvalue weighted by Crippen LogP contribution is 2.28. The molecule has 0 unspecified atom stereocenters. The molecule has 1 aromatic heterocycles. The van der Waals surface area contributed by atoms with E-state index < -0.39 is 5.63 Å². The molecule has 0 aliphatic carbocycles. The minimum Gasteiger partial charge on any atom is -0.419 e. The highest BCUT2D eigenvalue weighted by molar-refractivity contribution is 5.94. The molecule has 6 nitrogen and oxygen atoms in total. The average molecular weight is 329 g/mol. The number of para-hydroxylation sites is 1. The topological polar surface area (TPSA) is 65.8 Å². The number of anilines is 2. The van der Waals surface area contributed by atoms with E-state index in [0.717, 1.165) is 37.3 Å². The Morgan fingerprint density at radius 3 is 2.54 bits per heavy atom. The zero-order valence-electron chi connectivity index (χ0n) is 14.3. The van der Waals surface area contributed by atoms with Crippen molar-refractivity contribution in [3.63, 3.8) is 0 Å². The predicted molar refractivity (Wildman–Crippen MR) is 95.7 cm³/mol. The maximum absolute atomic E-state index is 12.1. The van der Waals surface area contributed by atoms with Crippen molar-refractivity contribution in [2.75, 3.05) is 36.4 Å². The van der Waals surface area contributed by atoms with Gasteiger partial charge in [0.1, 0.15) is 5.69 Å². The second-order valence-electron chi connectivity index (χ2n) is 6.44. The number of benzene rings is 1. The van der Waals surface area contributed by atoms with Crippen LogP contribution in [0.5, 0.6) is 0 Å². The van der Waals surface area contributed by atoms with E-state index >= 15 is 0 Å². The number of hydrogen-bond acceptors (Lipinski definition) is 5. The maximum atomic E-state index is 12.1. The van der Waals surface area contributed by atoms with Gasteiger partial charge in [0.05, 0.1) is 5.69 Å². The molecule has 0 atom stereocenters. The molecular formula is C18H23N3O3. The number of carbonyl (C=O) groups is 1. The third-order valence-corrected chi connectivity index (χ3v) is 4.44. The maximum Gasteiger partial charge on any atom is 0.360 e. The Morgan fingerprint density at radius 1 is 1.21 bits per heavy atom. The van der Waals surface area contributed by atoms with Crippen LogP contribution in [-0.4, -0.2) is 43.0 Å². The van der Waals surface area contributed by atoms with Gasteiger partial charge in [-0.15, -0.1) is 0 Å². The van der Waals surface area contributed by atoms with Crippen molar-refractivity contribution in [3.8, 4) is 0 Å². The van der Waals surface area contributed by atoms with Crippen LogP contribution >= 0.6 is 0 Å². The van der Waals surface area contributed by atoms with Crippen molar-refractivity contribution in [2.45, 2.75) is 26.8 Å². The highest BCUT2D eigenvalue weighted by Gasteiger charge is 2.21.